The van der Waals surface area contributed by atoms with Gasteiger partial charge in [-0.3, -0.25) is 0 Å². The number of rotatable bonds is 4. The summed E-state index contributed by atoms with van der Waals surface area (Å²) >= 11 is 1.79. The zero-order chi connectivity index (χ0) is 13.8. The van der Waals surface area contributed by atoms with E-state index in [0.29, 0.717) is 12.1 Å². The third-order valence-electron chi connectivity index (χ3n) is 4.03. The highest BCUT2D eigenvalue weighted by Gasteiger charge is 2.22. The molecular weight excluding hydrogens is 266 g/mol. The summed E-state index contributed by atoms with van der Waals surface area (Å²) in [6.07, 6.45) is 5.20. The van der Waals surface area contributed by atoms with Gasteiger partial charge in [-0.2, -0.15) is 0 Å². The van der Waals surface area contributed by atoms with Crippen molar-refractivity contribution < 1.29 is 4.74 Å². The van der Waals surface area contributed by atoms with Crippen molar-refractivity contribution in [1.82, 2.24) is 0 Å². The molecule has 3 rings (SSSR count). The molecule has 0 aliphatic heterocycles. The van der Waals surface area contributed by atoms with Crippen LogP contribution in [0.25, 0.3) is 10.4 Å². The summed E-state index contributed by atoms with van der Waals surface area (Å²) in [5.41, 5.74) is 2.55. The Balaban J connectivity index is 1.77. The topological polar surface area (TPSA) is 21.3 Å². The van der Waals surface area contributed by atoms with E-state index in [1.807, 2.05) is 7.11 Å². The van der Waals surface area contributed by atoms with Crippen LogP contribution in [0.4, 0.5) is 5.69 Å². The van der Waals surface area contributed by atoms with Gasteiger partial charge in [0, 0.05) is 29.3 Å². The Morgan fingerprint density at radius 3 is 2.85 bits per heavy atom. The van der Waals surface area contributed by atoms with E-state index < -0.39 is 0 Å². The van der Waals surface area contributed by atoms with Crippen molar-refractivity contribution in [3.05, 3.63) is 41.8 Å². The minimum atomic E-state index is 0.412. The Hall–Kier alpha value is -1.32. The van der Waals surface area contributed by atoms with E-state index in [0.717, 1.165) is 6.42 Å². The first-order valence-electron chi connectivity index (χ1n) is 7.29. The van der Waals surface area contributed by atoms with E-state index in [1.54, 1.807) is 11.3 Å². The monoisotopic (exact) mass is 287 g/mol. The fourth-order valence-electron chi connectivity index (χ4n) is 2.97. The number of para-hydroxylation sites is 1. The number of benzene rings is 1. The summed E-state index contributed by atoms with van der Waals surface area (Å²) in [5.74, 6) is 0. The Kier molecular flexibility index (Phi) is 4.38. The number of hydrogen-bond donors (Lipinski definition) is 1. The smallest absolute Gasteiger partial charge is 0.0590 e. The van der Waals surface area contributed by atoms with Gasteiger partial charge in [0.25, 0.3) is 0 Å². The predicted molar refractivity (Wildman–Crippen MR) is 86.4 cm³/mol. The Bertz CT molecular complexity index is 538. The van der Waals surface area contributed by atoms with Crippen molar-refractivity contribution in [2.24, 2.45) is 0 Å². The molecule has 2 atom stereocenters. The largest absolute Gasteiger partial charge is 0.382 e. The summed E-state index contributed by atoms with van der Waals surface area (Å²) < 4.78 is 5.52. The van der Waals surface area contributed by atoms with E-state index in [-0.39, 0.29) is 0 Å². The van der Waals surface area contributed by atoms with Gasteiger partial charge in [0.15, 0.2) is 0 Å². The van der Waals surface area contributed by atoms with Gasteiger partial charge in [0.05, 0.1) is 6.10 Å². The molecule has 0 spiro atoms. The molecule has 1 aliphatic carbocycles. The SMILES string of the molecule is COC1CCCC(Nc2ccccc2-c2cccs2)C1. The molecule has 1 aromatic heterocycles. The maximum absolute atomic E-state index is 5.52. The average molecular weight is 287 g/mol. The number of anilines is 1. The van der Waals surface area contributed by atoms with Crippen molar-refractivity contribution in [2.45, 2.75) is 37.8 Å². The normalized spacial score (nSPS) is 22.6. The molecule has 1 fully saturated rings. The van der Waals surface area contributed by atoms with Crippen LogP contribution in [0.15, 0.2) is 41.8 Å². The zero-order valence-corrected chi connectivity index (χ0v) is 12.7. The van der Waals surface area contributed by atoms with Crippen LogP contribution in [0.5, 0.6) is 0 Å². The first kappa shape index (κ1) is 13.7. The molecule has 0 radical (unpaired) electrons. The molecule has 0 saturated heterocycles. The van der Waals surface area contributed by atoms with E-state index in [9.17, 15) is 0 Å². The van der Waals surface area contributed by atoms with Crippen molar-refractivity contribution in [2.75, 3.05) is 12.4 Å². The van der Waals surface area contributed by atoms with Gasteiger partial charge in [-0.05, 0) is 43.2 Å². The van der Waals surface area contributed by atoms with Crippen LogP contribution < -0.4 is 5.32 Å². The highest BCUT2D eigenvalue weighted by molar-refractivity contribution is 7.13. The highest BCUT2D eigenvalue weighted by atomic mass is 32.1. The standard InChI is InChI=1S/C17H21NOS/c1-19-14-7-4-6-13(12-14)18-16-9-3-2-8-15(16)17-10-5-11-20-17/h2-3,5,8-11,13-14,18H,4,6-7,12H2,1H3. The molecule has 0 amide bonds. The van der Waals surface area contributed by atoms with Crippen LogP contribution in [-0.2, 0) is 4.74 Å². The first-order valence-corrected chi connectivity index (χ1v) is 8.17. The molecule has 1 aromatic carbocycles. The summed E-state index contributed by atoms with van der Waals surface area (Å²) in [4.78, 5) is 1.33. The zero-order valence-electron chi connectivity index (χ0n) is 11.8. The van der Waals surface area contributed by atoms with Gasteiger partial charge in [0.1, 0.15) is 0 Å². The van der Waals surface area contributed by atoms with E-state index >= 15 is 0 Å². The Morgan fingerprint density at radius 1 is 1.15 bits per heavy atom. The minimum absolute atomic E-state index is 0.412. The third-order valence-corrected chi connectivity index (χ3v) is 4.94. The summed E-state index contributed by atoms with van der Waals surface area (Å²) in [7, 11) is 1.83. The number of methoxy groups -OCH3 is 1. The molecular formula is C17H21NOS. The van der Waals surface area contributed by atoms with Gasteiger partial charge in [-0.15, -0.1) is 11.3 Å². The Morgan fingerprint density at radius 2 is 2.05 bits per heavy atom. The molecule has 2 nitrogen and oxygen atoms in total. The maximum atomic E-state index is 5.52. The third kappa shape index (κ3) is 3.05. The van der Waals surface area contributed by atoms with Crippen molar-refractivity contribution >= 4 is 17.0 Å². The van der Waals surface area contributed by atoms with Gasteiger partial charge < -0.3 is 10.1 Å². The second kappa shape index (κ2) is 6.42. The fraction of sp³-hybridized carbons (Fsp3) is 0.412. The number of ether oxygens (including phenoxy) is 1. The maximum Gasteiger partial charge on any atom is 0.0590 e. The second-order valence-electron chi connectivity index (χ2n) is 5.39. The van der Waals surface area contributed by atoms with Crippen LogP contribution in [0.2, 0.25) is 0 Å². The molecule has 1 aliphatic rings. The number of thiophene rings is 1. The van der Waals surface area contributed by atoms with Crippen molar-refractivity contribution in [1.29, 1.82) is 0 Å². The first-order chi connectivity index (χ1) is 9.86. The molecule has 2 unspecified atom stereocenters. The molecule has 3 heteroatoms. The highest BCUT2D eigenvalue weighted by Crippen LogP contribution is 2.33. The summed E-state index contributed by atoms with van der Waals surface area (Å²) in [6, 6.07) is 13.4. The Labute approximate surface area is 124 Å². The lowest BCUT2D eigenvalue weighted by molar-refractivity contribution is 0.0669. The van der Waals surface area contributed by atoms with Gasteiger partial charge in [-0.1, -0.05) is 24.3 Å². The van der Waals surface area contributed by atoms with Crippen molar-refractivity contribution in [3.8, 4) is 10.4 Å². The van der Waals surface area contributed by atoms with Gasteiger partial charge >= 0.3 is 0 Å². The number of nitrogens with one attached hydrogen (secondary N) is 1. The molecule has 20 heavy (non-hydrogen) atoms. The summed E-state index contributed by atoms with van der Waals surface area (Å²) in [5, 5.41) is 5.86. The molecule has 0 bridgehead atoms. The number of hydrogen-bond acceptors (Lipinski definition) is 3. The average Bonchev–Trinajstić information content (AvgIpc) is 3.02. The molecule has 1 heterocycles. The van der Waals surface area contributed by atoms with Gasteiger partial charge in [0.2, 0.25) is 0 Å². The fourth-order valence-corrected chi connectivity index (χ4v) is 3.73. The molecule has 106 valence electrons. The molecule has 2 aromatic rings. The second-order valence-corrected chi connectivity index (χ2v) is 6.34. The molecule has 1 saturated carbocycles. The lowest BCUT2D eigenvalue weighted by Gasteiger charge is -2.30. The molecule has 1 N–H and O–H groups in total. The lowest BCUT2D eigenvalue weighted by atomic mass is 9.92. The van der Waals surface area contributed by atoms with Crippen LogP contribution in [0.3, 0.4) is 0 Å². The van der Waals surface area contributed by atoms with Gasteiger partial charge in [-0.25, -0.2) is 0 Å². The predicted octanol–water partition coefficient (Wildman–Crippen LogP) is 4.78. The van der Waals surface area contributed by atoms with Crippen molar-refractivity contribution in [3.63, 3.8) is 0 Å². The van der Waals surface area contributed by atoms with Crippen LogP contribution in [-0.4, -0.2) is 19.3 Å². The van der Waals surface area contributed by atoms with E-state index in [2.05, 4.69) is 47.1 Å². The lowest BCUT2D eigenvalue weighted by Crippen LogP contribution is -2.31. The quantitative estimate of drug-likeness (QED) is 0.873. The minimum Gasteiger partial charge on any atom is -0.382 e. The summed E-state index contributed by atoms with van der Waals surface area (Å²) in [6.45, 7) is 0. The van der Waals surface area contributed by atoms with E-state index in [1.165, 1.54) is 35.4 Å². The van der Waals surface area contributed by atoms with Crippen LogP contribution >= 0.6 is 11.3 Å². The van der Waals surface area contributed by atoms with E-state index in [4.69, 9.17) is 4.74 Å². The van der Waals surface area contributed by atoms with Crippen LogP contribution in [0.1, 0.15) is 25.7 Å². The van der Waals surface area contributed by atoms with Crippen LogP contribution in [0, 0.1) is 0 Å².